The number of hydrogen-bond acceptors (Lipinski definition) is 4. The maximum atomic E-state index is 11.2. The van der Waals surface area contributed by atoms with Gasteiger partial charge in [-0.15, -0.1) is 0 Å². The van der Waals surface area contributed by atoms with Crippen LogP contribution in [0.25, 0.3) is 0 Å². The van der Waals surface area contributed by atoms with Crippen LogP contribution in [0.15, 0.2) is 9.98 Å². The Hall–Kier alpha value is -1.24. The number of isocyanates is 2. The summed E-state index contributed by atoms with van der Waals surface area (Å²) in [5.41, 5.74) is -0.524. The highest BCUT2D eigenvalue weighted by Crippen LogP contribution is 2.66. The van der Waals surface area contributed by atoms with Gasteiger partial charge in [0.15, 0.2) is 0 Å². The average Bonchev–Trinajstić information content (AvgIpc) is 2.59. The first kappa shape index (κ1) is 18.1. The van der Waals surface area contributed by atoms with Crippen LogP contribution in [0.5, 0.6) is 0 Å². The van der Waals surface area contributed by atoms with Crippen LogP contribution < -0.4 is 0 Å². The fourth-order valence-electron chi connectivity index (χ4n) is 8.07. The molecule has 0 saturated heterocycles. The molecule has 4 heteroatoms. The molecule has 0 aromatic heterocycles. The van der Waals surface area contributed by atoms with E-state index < -0.39 is 0 Å². The zero-order valence-electron chi connectivity index (χ0n) is 16.6. The Balaban J connectivity index is 1.79. The average molecular weight is 357 g/mol. The van der Waals surface area contributed by atoms with Gasteiger partial charge in [0.25, 0.3) is 0 Å². The summed E-state index contributed by atoms with van der Waals surface area (Å²) in [4.78, 5) is 31.1. The lowest BCUT2D eigenvalue weighted by molar-refractivity contribution is -0.148. The van der Waals surface area contributed by atoms with E-state index >= 15 is 0 Å². The van der Waals surface area contributed by atoms with E-state index in [0.717, 1.165) is 43.4 Å². The lowest BCUT2D eigenvalue weighted by Crippen LogP contribution is -2.63. The summed E-state index contributed by atoms with van der Waals surface area (Å²) >= 11 is 0. The van der Waals surface area contributed by atoms with Gasteiger partial charge in [0.2, 0.25) is 12.2 Å². The van der Waals surface area contributed by atoms with E-state index in [4.69, 9.17) is 0 Å². The van der Waals surface area contributed by atoms with E-state index in [-0.39, 0.29) is 11.1 Å². The first-order valence-corrected chi connectivity index (χ1v) is 10.5. The minimum atomic E-state index is -0.277. The molecule has 0 unspecified atom stereocenters. The maximum Gasteiger partial charge on any atom is 0.235 e. The van der Waals surface area contributed by atoms with Gasteiger partial charge in [0.05, 0.1) is 11.1 Å². The fourth-order valence-corrected chi connectivity index (χ4v) is 8.07. The lowest BCUT2D eigenvalue weighted by Gasteiger charge is -2.65. The summed E-state index contributed by atoms with van der Waals surface area (Å²) in [5.74, 6) is 4.82. The van der Waals surface area contributed by atoms with Crippen molar-refractivity contribution >= 4 is 12.2 Å². The molecule has 0 N–H and O–H groups in total. The number of hydrogen-bond donors (Lipinski definition) is 0. The summed E-state index contributed by atoms with van der Waals surface area (Å²) in [6.07, 6.45) is 10.7. The molecule has 0 spiro atoms. The van der Waals surface area contributed by atoms with Crippen molar-refractivity contribution in [3.8, 4) is 0 Å². The first-order valence-electron chi connectivity index (χ1n) is 10.5. The number of carbonyl (C=O) groups excluding carboxylic acids is 2. The monoisotopic (exact) mass is 356 g/mol. The minimum Gasteiger partial charge on any atom is -0.211 e. The van der Waals surface area contributed by atoms with Crippen molar-refractivity contribution in [2.45, 2.75) is 77.3 Å². The molecule has 0 heterocycles. The van der Waals surface area contributed by atoms with Crippen LogP contribution >= 0.6 is 0 Å². The Kier molecular flexibility index (Phi) is 4.29. The van der Waals surface area contributed by atoms with Gasteiger partial charge in [-0.05, 0) is 99.7 Å². The highest BCUT2D eigenvalue weighted by atomic mass is 16.1. The van der Waals surface area contributed by atoms with E-state index in [9.17, 15) is 9.59 Å². The maximum absolute atomic E-state index is 11.2. The predicted molar refractivity (Wildman–Crippen MR) is 100 cm³/mol. The zero-order chi connectivity index (χ0) is 18.7. The Bertz CT molecular complexity index is 680. The topological polar surface area (TPSA) is 58.9 Å². The minimum absolute atomic E-state index is 0.247. The molecule has 0 bridgehead atoms. The van der Waals surface area contributed by atoms with Crippen LogP contribution in [-0.4, -0.2) is 23.2 Å². The van der Waals surface area contributed by atoms with Crippen molar-refractivity contribution in [2.24, 2.45) is 57.3 Å². The van der Waals surface area contributed by atoms with Crippen LogP contribution in [0.4, 0.5) is 0 Å². The van der Waals surface area contributed by atoms with Gasteiger partial charge in [-0.2, -0.15) is 9.98 Å². The highest BCUT2D eigenvalue weighted by Gasteiger charge is 2.63. The van der Waals surface area contributed by atoms with Crippen molar-refractivity contribution in [2.75, 3.05) is 0 Å². The van der Waals surface area contributed by atoms with E-state index in [0.29, 0.717) is 29.6 Å². The first-order chi connectivity index (χ1) is 12.4. The SMILES string of the molecule is C[C@@H]1C[C@@H]2C[C@H](C)[C@H]3CC[C@](C)(N=C=O)[C@H]4CC[C@@H]([C@@H]2[C@H]34)[C@]1(C)N=C=O. The van der Waals surface area contributed by atoms with E-state index in [1.54, 1.807) is 0 Å². The highest BCUT2D eigenvalue weighted by molar-refractivity contribution is 5.36. The molecule has 0 aromatic carbocycles. The third kappa shape index (κ3) is 2.35. The van der Waals surface area contributed by atoms with Gasteiger partial charge in [0.1, 0.15) is 0 Å². The molecule has 0 aromatic rings. The molecule has 10 atom stereocenters. The van der Waals surface area contributed by atoms with Crippen molar-refractivity contribution in [1.29, 1.82) is 0 Å². The van der Waals surface area contributed by atoms with Gasteiger partial charge in [-0.1, -0.05) is 13.8 Å². The summed E-state index contributed by atoms with van der Waals surface area (Å²) in [6, 6.07) is 0. The number of nitrogens with zero attached hydrogens (tertiary/aromatic N) is 2. The van der Waals surface area contributed by atoms with Crippen LogP contribution in [0.3, 0.4) is 0 Å². The molecular formula is C22H32N2O2. The lowest BCUT2D eigenvalue weighted by atomic mass is 9.40. The standard InChI is InChI=1S/C22H32N2O2/c1-13-9-15-10-14(2)22(4,24-12-26)18-6-5-17-20(19(15)18)16(13)7-8-21(17,3)23-11-25/h13-20H,5-10H2,1-4H3/t13-,14+,15-,16+,17-,18-,19+,20+,21-,22+/m0/s1. The molecule has 0 radical (unpaired) electrons. The van der Waals surface area contributed by atoms with Gasteiger partial charge in [-0.25, -0.2) is 9.59 Å². The molecule has 4 aliphatic carbocycles. The molecule has 4 fully saturated rings. The smallest absolute Gasteiger partial charge is 0.211 e. The largest absolute Gasteiger partial charge is 0.235 e. The molecule has 4 aliphatic rings. The van der Waals surface area contributed by atoms with Crippen molar-refractivity contribution in [1.82, 2.24) is 0 Å². The fraction of sp³-hybridized carbons (Fsp3) is 0.909. The number of rotatable bonds is 2. The quantitative estimate of drug-likeness (QED) is 0.539. The molecule has 4 rings (SSSR count). The Labute approximate surface area is 156 Å². The van der Waals surface area contributed by atoms with E-state index in [1.807, 2.05) is 12.2 Å². The summed E-state index contributed by atoms with van der Waals surface area (Å²) in [7, 11) is 0. The number of aliphatic imine (C=N–C) groups is 2. The van der Waals surface area contributed by atoms with Crippen molar-refractivity contribution in [3.05, 3.63) is 0 Å². The summed E-state index contributed by atoms with van der Waals surface area (Å²) in [5, 5.41) is 0. The van der Waals surface area contributed by atoms with Crippen LogP contribution in [-0.2, 0) is 9.59 Å². The third-order valence-corrected chi connectivity index (χ3v) is 9.38. The second kappa shape index (κ2) is 6.14. The molecule has 4 saturated carbocycles. The van der Waals surface area contributed by atoms with Gasteiger partial charge in [0, 0.05) is 0 Å². The van der Waals surface area contributed by atoms with Gasteiger partial charge in [-0.3, -0.25) is 0 Å². The van der Waals surface area contributed by atoms with Gasteiger partial charge < -0.3 is 0 Å². The van der Waals surface area contributed by atoms with Crippen molar-refractivity contribution in [3.63, 3.8) is 0 Å². The second-order valence-electron chi connectivity index (χ2n) is 10.2. The zero-order valence-corrected chi connectivity index (χ0v) is 16.6. The summed E-state index contributed by atoms with van der Waals surface area (Å²) < 4.78 is 0. The third-order valence-electron chi connectivity index (χ3n) is 9.38. The molecule has 0 aliphatic heterocycles. The van der Waals surface area contributed by atoms with E-state index in [1.165, 1.54) is 12.8 Å². The molecule has 142 valence electrons. The molecule has 26 heavy (non-hydrogen) atoms. The molecule has 0 amide bonds. The van der Waals surface area contributed by atoms with Crippen LogP contribution in [0.2, 0.25) is 0 Å². The van der Waals surface area contributed by atoms with E-state index in [2.05, 4.69) is 37.7 Å². The second-order valence-corrected chi connectivity index (χ2v) is 10.2. The van der Waals surface area contributed by atoms with Crippen molar-refractivity contribution < 1.29 is 9.59 Å². The predicted octanol–water partition coefficient (Wildman–Crippen LogP) is 4.54. The van der Waals surface area contributed by atoms with Crippen LogP contribution in [0, 0.1) is 47.3 Å². The Morgan fingerprint density at radius 1 is 0.885 bits per heavy atom. The van der Waals surface area contributed by atoms with Gasteiger partial charge >= 0.3 is 0 Å². The molecular weight excluding hydrogens is 324 g/mol. The Morgan fingerprint density at radius 3 is 2.27 bits per heavy atom. The Morgan fingerprint density at radius 2 is 1.58 bits per heavy atom. The summed E-state index contributed by atoms with van der Waals surface area (Å²) in [6.45, 7) is 9.10. The normalized spacial score (nSPS) is 55.1. The van der Waals surface area contributed by atoms with Crippen LogP contribution in [0.1, 0.15) is 66.2 Å². The molecule has 4 nitrogen and oxygen atoms in total.